The number of rotatable bonds is 5. The van der Waals surface area contributed by atoms with Crippen molar-refractivity contribution in [3.63, 3.8) is 0 Å². The molecule has 0 aromatic rings. The smallest absolute Gasteiger partial charge is 0.223 e. The standard InChI is InChI=1S/C13H25N3O2/c1-16(2)13(18)6-7-15-12(17)9-10-4-3-5-11(14)8-10/h10-11H,3-9,14H2,1-2H3,(H,15,17). The predicted molar refractivity (Wildman–Crippen MR) is 70.9 cm³/mol. The Morgan fingerprint density at radius 1 is 1.33 bits per heavy atom. The quantitative estimate of drug-likeness (QED) is 0.750. The van der Waals surface area contributed by atoms with Crippen LogP contribution >= 0.6 is 0 Å². The van der Waals surface area contributed by atoms with Gasteiger partial charge in [-0.3, -0.25) is 9.59 Å². The lowest BCUT2D eigenvalue weighted by molar-refractivity contribution is -0.128. The zero-order valence-corrected chi connectivity index (χ0v) is 11.4. The van der Waals surface area contributed by atoms with Crippen LogP contribution in [-0.4, -0.2) is 43.4 Å². The zero-order chi connectivity index (χ0) is 13.5. The number of hydrogen-bond acceptors (Lipinski definition) is 3. The van der Waals surface area contributed by atoms with Gasteiger partial charge in [-0.15, -0.1) is 0 Å². The molecule has 2 amide bonds. The van der Waals surface area contributed by atoms with Gasteiger partial charge in [-0.2, -0.15) is 0 Å². The van der Waals surface area contributed by atoms with Crippen molar-refractivity contribution < 1.29 is 9.59 Å². The number of nitrogens with zero attached hydrogens (tertiary/aromatic N) is 1. The molecule has 1 fully saturated rings. The first-order valence-corrected chi connectivity index (χ1v) is 6.71. The highest BCUT2D eigenvalue weighted by molar-refractivity contribution is 5.78. The van der Waals surface area contributed by atoms with Crippen LogP contribution in [0.3, 0.4) is 0 Å². The fraction of sp³-hybridized carbons (Fsp3) is 0.846. The molecule has 5 heteroatoms. The number of carbonyl (C=O) groups excluding carboxylic acids is 2. The third-order valence-electron chi connectivity index (χ3n) is 3.46. The van der Waals surface area contributed by atoms with Gasteiger partial charge in [-0.1, -0.05) is 6.42 Å². The van der Waals surface area contributed by atoms with E-state index in [1.807, 2.05) is 0 Å². The summed E-state index contributed by atoms with van der Waals surface area (Å²) in [6, 6.07) is 0.256. The van der Waals surface area contributed by atoms with Gasteiger partial charge in [0.05, 0.1) is 0 Å². The minimum absolute atomic E-state index is 0.0370. The summed E-state index contributed by atoms with van der Waals surface area (Å²) in [5.74, 6) is 0.494. The molecular formula is C13H25N3O2. The van der Waals surface area contributed by atoms with E-state index < -0.39 is 0 Å². The zero-order valence-electron chi connectivity index (χ0n) is 11.4. The van der Waals surface area contributed by atoms with E-state index in [0.717, 1.165) is 25.7 Å². The fourth-order valence-electron chi connectivity index (χ4n) is 2.38. The van der Waals surface area contributed by atoms with Crippen LogP contribution < -0.4 is 11.1 Å². The summed E-state index contributed by atoms with van der Waals surface area (Å²) >= 11 is 0. The number of nitrogens with one attached hydrogen (secondary N) is 1. The average Bonchev–Trinajstić information content (AvgIpc) is 2.28. The molecule has 3 N–H and O–H groups in total. The summed E-state index contributed by atoms with van der Waals surface area (Å²) in [7, 11) is 3.43. The van der Waals surface area contributed by atoms with E-state index >= 15 is 0 Å². The van der Waals surface area contributed by atoms with E-state index in [4.69, 9.17) is 5.73 Å². The van der Waals surface area contributed by atoms with Gasteiger partial charge in [-0.25, -0.2) is 0 Å². The van der Waals surface area contributed by atoms with E-state index in [0.29, 0.717) is 25.3 Å². The molecule has 2 atom stereocenters. The van der Waals surface area contributed by atoms with Crippen LogP contribution in [0.4, 0.5) is 0 Å². The van der Waals surface area contributed by atoms with Crippen LogP contribution in [0.2, 0.25) is 0 Å². The van der Waals surface area contributed by atoms with E-state index in [1.54, 1.807) is 14.1 Å². The Labute approximate surface area is 109 Å². The first-order chi connectivity index (χ1) is 8.49. The van der Waals surface area contributed by atoms with Gasteiger partial charge in [0, 0.05) is 39.5 Å². The number of amides is 2. The van der Waals surface area contributed by atoms with Crippen LogP contribution in [0.25, 0.3) is 0 Å². The molecule has 0 heterocycles. The van der Waals surface area contributed by atoms with Gasteiger partial charge < -0.3 is 16.0 Å². The van der Waals surface area contributed by atoms with Crippen molar-refractivity contribution in [2.45, 2.75) is 44.6 Å². The third-order valence-corrected chi connectivity index (χ3v) is 3.46. The summed E-state index contributed by atoms with van der Waals surface area (Å²) in [5.41, 5.74) is 5.89. The second-order valence-corrected chi connectivity index (χ2v) is 5.38. The first kappa shape index (κ1) is 15.0. The van der Waals surface area contributed by atoms with Gasteiger partial charge in [0.2, 0.25) is 11.8 Å². The van der Waals surface area contributed by atoms with Crippen molar-refractivity contribution in [1.29, 1.82) is 0 Å². The second kappa shape index (κ2) is 7.36. The molecule has 1 aliphatic carbocycles. The molecule has 0 aromatic carbocycles. The maximum atomic E-state index is 11.7. The summed E-state index contributed by atoms with van der Waals surface area (Å²) < 4.78 is 0. The molecule has 1 aliphatic rings. The highest BCUT2D eigenvalue weighted by atomic mass is 16.2. The van der Waals surface area contributed by atoms with E-state index in [2.05, 4.69) is 5.32 Å². The molecular weight excluding hydrogens is 230 g/mol. The number of carbonyl (C=O) groups is 2. The average molecular weight is 255 g/mol. The molecule has 1 saturated carbocycles. The van der Waals surface area contributed by atoms with Crippen LogP contribution in [-0.2, 0) is 9.59 Å². The van der Waals surface area contributed by atoms with Crippen LogP contribution in [0.5, 0.6) is 0 Å². The molecule has 104 valence electrons. The van der Waals surface area contributed by atoms with Crippen LogP contribution in [0, 0.1) is 5.92 Å². The Balaban J connectivity index is 2.15. The largest absolute Gasteiger partial charge is 0.356 e. The lowest BCUT2D eigenvalue weighted by Gasteiger charge is -2.26. The predicted octanol–water partition coefficient (Wildman–Crippen LogP) is 0.489. The number of hydrogen-bond donors (Lipinski definition) is 2. The Kier molecular flexibility index (Phi) is 6.12. The monoisotopic (exact) mass is 255 g/mol. The van der Waals surface area contributed by atoms with Gasteiger partial charge in [-0.05, 0) is 25.2 Å². The summed E-state index contributed by atoms with van der Waals surface area (Å²) in [4.78, 5) is 24.5. The van der Waals surface area contributed by atoms with Crippen LogP contribution in [0.15, 0.2) is 0 Å². The molecule has 18 heavy (non-hydrogen) atoms. The summed E-state index contributed by atoms with van der Waals surface area (Å²) in [5, 5.41) is 2.80. The SMILES string of the molecule is CN(C)C(=O)CCNC(=O)CC1CCCC(N)C1. The molecule has 0 bridgehead atoms. The Morgan fingerprint density at radius 3 is 2.67 bits per heavy atom. The lowest BCUT2D eigenvalue weighted by Crippen LogP contribution is -2.33. The highest BCUT2D eigenvalue weighted by Crippen LogP contribution is 2.25. The van der Waals surface area contributed by atoms with E-state index in [1.165, 1.54) is 4.90 Å². The molecule has 1 rings (SSSR count). The summed E-state index contributed by atoms with van der Waals surface area (Å²) in [6.07, 6.45) is 5.16. The Morgan fingerprint density at radius 2 is 2.06 bits per heavy atom. The minimum atomic E-state index is 0.0370. The Hall–Kier alpha value is -1.10. The molecule has 0 aromatic heterocycles. The highest BCUT2D eigenvalue weighted by Gasteiger charge is 2.21. The Bertz CT molecular complexity index is 292. The lowest BCUT2D eigenvalue weighted by atomic mass is 9.84. The number of nitrogens with two attached hydrogens (primary N) is 1. The topological polar surface area (TPSA) is 75.4 Å². The van der Waals surface area contributed by atoms with E-state index in [-0.39, 0.29) is 17.9 Å². The summed E-state index contributed by atoms with van der Waals surface area (Å²) in [6.45, 7) is 0.425. The molecule has 0 saturated heterocycles. The van der Waals surface area contributed by atoms with Crippen LogP contribution in [0.1, 0.15) is 38.5 Å². The van der Waals surface area contributed by atoms with Gasteiger partial charge in [0.25, 0.3) is 0 Å². The molecule has 0 aliphatic heterocycles. The maximum absolute atomic E-state index is 11.7. The van der Waals surface area contributed by atoms with Gasteiger partial charge in [0.15, 0.2) is 0 Å². The van der Waals surface area contributed by atoms with Crippen molar-refractivity contribution in [2.75, 3.05) is 20.6 Å². The second-order valence-electron chi connectivity index (χ2n) is 5.38. The van der Waals surface area contributed by atoms with Crippen molar-refractivity contribution in [3.05, 3.63) is 0 Å². The molecule has 0 radical (unpaired) electrons. The van der Waals surface area contributed by atoms with Crippen molar-refractivity contribution in [3.8, 4) is 0 Å². The molecule has 5 nitrogen and oxygen atoms in total. The molecule has 2 unspecified atom stereocenters. The van der Waals surface area contributed by atoms with Gasteiger partial charge in [0.1, 0.15) is 0 Å². The van der Waals surface area contributed by atoms with Crippen molar-refractivity contribution >= 4 is 11.8 Å². The maximum Gasteiger partial charge on any atom is 0.223 e. The fourth-order valence-corrected chi connectivity index (χ4v) is 2.38. The molecule has 0 spiro atoms. The van der Waals surface area contributed by atoms with Crippen molar-refractivity contribution in [2.24, 2.45) is 11.7 Å². The first-order valence-electron chi connectivity index (χ1n) is 6.71. The van der Waals surface area contributed by atoms with Crippen molar-refractivity contribution in [1.82, 2.24) is 10.2 Å². The third kappa shape index (κ3) is 5.49. The van der Waals surface area contributed by atoms with Gasteiger partial charge >= 0.3 is 0 Å². The normalized spacial score (nSPS) is 23.5. The minimum Gasteiger partial charge on any atom is -0.356 e. The van der Waals surface area contributed by atoms with E-state index in [9.17, 15) is 9.59 Å².